The van der Waals surface area contributed by atoms with E-state index in [4.69, 9.17) is 5.11 Å². The second-order valence-electron chi connectivity index (χ2n) is 4.96. The zero-order valence-electron chi connectivity index (χ0n) is 11.7. The number of nitrogens with zero attached hydrogens (tertiary/aromatic N) is 2. The Morgan fingerprint density at radius 1 is 1.18 bits per heavy atom. The molecule has 1 aliphatic heterocycles. The van der Waals surface area contributed by atoms with E-state index in [9.17, 15) is 22.0 Å². The van der Waals surface area contributed by atoms with E-state index in [0.29, 0.717) is 25.7 Å². The van der Waals surface area contributed by atoms with Crippen LogP contribution < -0.4 is 0 Å². The van der Waals surface area contributed by atoms with E-state index in [0.717, 1.165) is 16.4 Å². The Kier molecular flexibility index (Phi) is 5.09. The zero-order valence-corrected chi connectivity index (χ0v) is 12.5. The highest BCUT2D eigenvalue weighted by Gasteiger charge is 2.30. The predicted octanol–water partition coefficient (Wildman–Crippen LogP) is 0.746. The molecule has 1 aromatic carbocycles. The molecule has 9 heteroatoms. The average Bonchev–Trinajstić information content (AvgIpc) is 2.45. The molecule has 1 N–H and O–H groups in total. The zero-order chi connectivity index (χ0) is 16.3. The van der Waals surface area contributed by atoms with Gasteiger partial charge in [0.25, 0.3) is 0 Å². The molecule has 0 amide bonds. The van der Waals surface area contributed by atoms with E-state index >= 15 is 0 Å². The molecule has 1 saturated heterocycles. The molecule has 6 nitrogen and oxygen atoms in total. The first kappa shape index (κ1) is 16.8. The molecule has 0 atom stereocenters. The van der Waals surface area contributed by atoms with E-state index in [2.05, 4.69) is 0 Å². The summed E-state index contributed by atoms with van der Waals surface area (Å²) >= 11 is 0. The van der Waals surface area contributed by atoms with E-state index in [1.807, 2.05) is 4.90 Å². The lowest BCUT2D eigenvalue weighted by Gasteiger charge is -2.33. The van der Waals surface area contributed by atoms with Crippen molar-refractivity contribution >= 4 is 16.0 Å². The Balaban J connectivity index is 2.05. The SMILES string of the molecule is O=C(O)CCN1CCN(S(=O)(=O)c2ccc(F)cc2F)CC1. The van der Waals surface area contributed by atoms with Crippen molar-refractivity contribution in [2.24, 2.45) is 0 Å². The van der Waals surface area contributed by atoms with E-state index in [-0.39, 0.29) is 19.5 Å². The topological polar surface area (TPSA) is 77.9 Å². The molecule has 0 aromatic heterocycles. The number of hydrogen-bond acceptors (Lipinski definition) is 4. The molecule has 0 spiro atoms. The molecule has 0 bridgehead atoms. The molecule has 1 aliphatic rings. The third kappa shape index (κ3) is 3.79. The van der Waals surface area contributed by atoms with Crippen LogP contribution in [0.15, 0.2) is 23.1 Å². The number of rotatable bonds is 5. The highest BCUT2D eigenvalue weighted by Crippen LogP contribution is 2.21. The first-order valence-electron chi connectivity index (χ1n) is 6.70. The van der Waals surface area contributed by atoms with Gasteiger partial charge in [0, 0.05) is 38.8 Å². The van der Waals surface area contributed by atoms with Crippen molar-refractivity contribution in [1.29, 1.82) is 0 Å². The summed E-state index contributed by atoms with van der Waals surface area (Å²) in [6, 6.07) is 2.35. The van der Waals surface area contributed by atoms with Gasteiger partial charge in [0.1, 0.15) is 16.5 Å². The lowest BCUT2D eigenvalue weighted by molar-refractivity contribution is -0.137. The number of piperazine rings is 1. The Morgan fingerprint density at radius 2 is 1.82 bits per heavy atom. The first-order chi connectivity index (χ1) is 10.3. The maximum atomic E-state index is 13.7. The smallest absolute Gasteiger partial charge is 0.304 e. The molecule has 2 rings (SSSR count). The van der Waals surface area contributed by atoms with Gasteiger partial charge in [-0.2, -0.15) is 4.31 Å². The van der Waals surface area contributed by atoms with Crippen LogP contribution in [-0.4, -0.2) is 61.4 Å². The number of halogens is 2. The fraction of sp³-hybridized carbons (Fsp3) is 0.462. The lowest BCUT2D eigenvalue weighted by atomic mass is 10.3. The van der Waals surface area contributed by atoms with Gasteiger partial charge in [0.15, 0.2) is 0 Å². The minimum Gasteiger partial charge on any atom is -0.481 e. The number of carbonyl (C=O) groups is 1. The van der Waals surface area contributed by atoms with Crippen molar-refractivity contribution in [1.82, 2.24) is 9.21 Å². The van der Waals surface area contributed by atoms with Crippen LogP contribution in [0.25, 0.3) is 0 Å². The van der Waals surface area contributed by atoms with Crippen LogP contribution in [0.3, 0.4) is 0 Å². The minimum absolute atomic E-state index is 0.0145. The lowest BCUT2D eigenvalue weighted by Crippen LogP contribution is -2.49. The van der Waals surface area contributed by atoms with E-state index < -0.39 is 32.5 Å². The molecule has 1 aromatic rings. The van der Waals surface area contributed by atoms with Crippen molar-refractivity contribution in [2.75, 3.05) is 32.7 Å². The molecule has 0 radical (unpaired) electrons. The van der Waals surface area contributed by atoms with Crippen molar-refractivity contribution in [3.63, 3.8) is 0 Å². The van der Waals surface area contributed by atoms with Crippen molar-refractivity contribution in [2.45, 2.75) is 11.3 Å². The molecule has 122 valence electrons. The molecule has 0 saturated carbocycles. The van der Waals surface area contributed by atoms with Gasteiger partial charge in [-0.15, -0.1) is 0 Å². The summed E-state index contributed by atoms with van der Waals surface area (Å²) in [5, 5.41) is 8.62. The molecule has 0 unspecified atom stereocenters. The van der Waals surface area contributed by atoms with Gasteiger partial charge in [-0.1, -0.05) is 0 Å². The maximum Gasteiger partial charge on any atom is 0.304 e. The Morgan fingerprint density at radius 3 is 2.36 bits per heavy atom. The van der Waals surface area contributed by atoms with Gasteiger partial charge in [-0.3, -0.25) is 4.79 Å². The van der Waals surface area contributed by atoms with Crippen LogP contribution >= 0.6 is 0 Å². The van der Waals surface area contributed by atoms with Gasteiger partial charge < -0.3 is 10.0 Å². The van der Waals surface area contributed by atoms with Crippen LogP contribution in [0, 0.1) is 11.6 Å². The third-order valence-corrected chi connectivity index (χ3v) is 5.42. The Bertz CT molecular complexity index is 658. The predicted molar refractivity (Wildman–Crippen MR) is 73.8 cm³/mol. The van der Waals surface area contributed by atoms with Crippen molar-refractivity contribution in [3.05, 3.63) is 29.8 Å². The minimum atomic E-state index is -4.02. The summed E-state index contributed by atoms with van der Waals surface area (Å²) in [6.45, 7) is 1.36. The van der Waals surface area contributed by atoms with Crippen LogP contribution in [-0.2, 0) is 14.8 Å². The number of carboxylic acids is 1. The molecule has 1 heterocycles. The van der Waals surface area contributed by atoms with Crippen LogP contribution in [0.2, 0.25) is 0 Å². The van der Waals surface area contributed by atoms with Gasteiger partial charge >= 0.3 is 5.97 Å². The summed E-state index contributed by atoms with van der Waals surface area (Å²) in [5.41, 5.74) is 0. The summed E-state index contributed by atoms with van der Waals surface area (Å²) in [7, 11) is -4.02. The summed E-state index contributed by atoms with van der Waals surface area (Å²) < 4.78 is 52.4. The van der Waals surface area contributed by atoms with Crippen LogP contribution in [0.5, 0.6) is 0 Å². The molecule has 0 aliphatic carbocycles. The summed E-state index contributed by atoms with van der Waals surface area (Å²) in [6.07, 6.45) is -0.0145. The fourth-order valence-corrected chi connectivity index (χ4v) is 3.74. The highest BCUT2D eigenvalue weighted by molar-refractivity contribution is 7.89. The quantitative estimate of drug-likeness (QED) is 0.860. The van der Waals surface area contributed by atoms with Gasteiger partial charge in [-0.25, -0.2) is 17.2 Å². The van der Waals surface area contributed by atoms with E-state index in [1.165, 1.54) is 0 Å². The van der Waals surface area contributed by atoms with Crippen LogP contribution in [0.1, 0.15) is 6.42 Å². The van der Waals surface area contributed by atoms with Crippen molar-refractivity contribution < 1.29 is 27.1 Å². The maximum absolute atomic E-state index is 13.7. The molecular weight excluding hydrogens is 318 g/mol. The molecule has 22 heavy (non-hydrogen) atoms. The van der Waals surface area contributed by atoms with Gasteiger partial charge in [0.05, 0.1) is 6.42 Å². The second-order valence-corrected chi connectivity index (χ2v) is 6.87. The summed E-state index contributed by atoms with van der Waals surface area (Å²) in [5.74, 6) is -2.87. The van der Waals surface area contributed by atoms with Crippen LogP contribution in [0.4, 0.5) is 8.78 Å². The number of carboxylic acid groups (broad SMARTS) is 1. The average molecular weight is 334 g/mol. The number of sulfonamides is 1. The molecule has 1 fully saturated rings. The normalized spacial score (nSPS) is 17.5. The number of benzene rings is 1. The number of aliphatic carboxylic acids is 1. The van der Waals surface area contributed by atoms with E-state index in [1.54, 1.807) is 0 Å². The monoisotopic (exact) mass is 334 g/mol. The first-order valence-corrected chi connectivity index (χ1v) is 8.14. The van der Waals surface area contributed by atoms with Crippen molar-refractivity contribution in [3.8, 4) is 0 Å². The summed E-state index contributed by atoms with van der Waals surface area (Å²) in [4.78, 5) is 11.8. The highest BCUT2D eigenvalue weighted by atomic mass is 32.2. The standard InChI is InChI=1S/C13H16F2N2O4S/c14-10-1-2-12(11(15)9-10)22(20,21)17-7-5-16(6-8-17)4-3-13(18)19/h1-2,9H,3-8H2,(H,18,19). The Hall–Kier alpha value is -1.58. The Labute approximate surface area is 127 Å². The van der Waals surface area contributed by atoms with Gasteiger partial charge in [-0.05, 0) is 12.1 Å². The van der Waals surface area contributed by atoms with Gasteiger partial charge in [0.2, 0.25) is 10.0 Å². The second kappa shape index (κ2) is 6.67. The fourth-order valence-electron chi connectivity index (χ4n) is 2.27. The third-order valence-electron chi connectivity index (χ3n) is 3.48. The largest absolute Gasteiger partial charge is 0.481 e. The number of hydrogen-bond donors (Lipinski definition) is 1. The molecular formula is C13H16F2N2O4S.